The molecule has 0 aromatic heterocycles. The third kappa shape index (κ3) is 2.44. The highest BCUT2D eigenvalue weighted by atomic mass is 32.1. The van der Waals surface area contributed by atoms with Crippen molar-refractivity contribution in [2.75, 3.05) is 4.90 Å². The number of carboxylic acid groups (broad SMARTS) is 1. The van der Waals surface area contributed by atoms with E-state index in [4.69, 9.17) is 17.3 Å². The number of anilines is 1. The van der Waals surface area contributed by atoms with Crippen molar-refractivity contribution in [1.29, 1.82) is 0 Å². The van der Waals surface area contributed by atoms with Crippen LogP contribution in [0, 0.1) is 13.8 Å². The van der Waals surface area contributed by atoms with Gasteiger partial charge in [-0.25, -0.2) is 0 Å². The van der Waals surface area contributed by atoms with Crippen LogP contribution >= 0.6 is 12.2 Å². The van der Waals surface area contributed by atoms with Crippen LogP contribution < -0.4 is 10.2 Å². The monoisotopic (exact) mass is 278 g/mol. The minimum Gasteiger partial charge on any atom is -0.481 e. The number of carboxylic acids is 1. The largest absolute Gasteiger partial charge is 0.481 e. The number of amides is 1. The lowest BCUT2D eigenvalue weighted by Crippen LogP contribution is -2.33. The van der Waals surface area contributed by atoms with Crippen molar-refractivity contribution in [3.05, 3.63) is 29.3 Å². The van der Waals surface area contributed by atoms with Gasteiger partial charge in [-0.2, -0.15) is 0 Å². The third-order valence-electron chi connectivity index (χ3n) is 3.06. The lowest BCUT2D eigenvalue weighted by atomic mass is 10.1. The van der Waals surface area contributed by atoms with Crippen LogP contribution in [0.15, 0.2) is 18.2 Å². The molecule has 6 heteroatoms. The van der Waals surface area contributed by atoms with Crippen LogP contribution in [-0.4, -0.2) is 28.1 Å². The number of aliphatic carboxylic acids is 1. The average Bonchev–Trinajstić information content (AvgIpc) is 2.55. The molecule has 0 radical (unpaired) electrons. The Morgan fingerprint density at radius 2 is 2.00 bits per heavy atom. The van der Waals surface area contributed by atoms with Gasteiger partial charge in [0.2, 0.25) is 0 Å². The van der Waals surface area contributed by atoms with Gasteiger partial charge >= 0.3 is 5.97 Å². The fourth-order valence-corrected chi connectivity index (χ4v) is 2.54. The zero-order valence-corrected chi connectivity index (χ0v) is 11.5. The minimum absolute atomic E-state index is 0.258. The summed E-state index contributed by atoms with van der Waals surface area (Å²) in [4.78, 5) is 24.4. The van der Waals surface area contributed by atoms with Gasteiger partial charge in [0.05, 0.1) is 12.1 Å². The molecule has 1 aromatic rings. The maximum atomic E-state index is 12.3. The van der Waals surface area contributed by atoms with E-state index in [2.05, 4.69) is 5.32 Å². The Bertz CT molecular complexity index is 551. The maximum absolute atomic E-state index is 12.3. The van der Waals surface area contributed by atoms with Gasteiger partial charge in [-0.1, -0.05) is 18.2 Å². The summed E-state index contributed by atoms with van der Waals surface area (Å²) in [5.41, 5.74) is 2.58. The van der Waals surface area contributed by atoms with Gasteiger partial charge in [0.1, 0.15) is 6.04 Å². The Kier molecular flexibility index (Phi) is 3.53. The first-order valence-electron chi connectivity index (χ1n) is 5.84. The molecule has 5 nitrogen and oxygen atoms in total. The lowest BCUT2D eigenvalue weighted by molar-refractivity contribution is -0.139. The summed E-state index contributed by atoms with van der Waals surface area (Å²) in [6.45, 7) is 3.78. The third-order valence-corrected chi connectivity index (χ3v) is 3.36. The van der Waals surface area contributed by atoms with E-state index >= 15 is 0 Å². The number of thiocarbonyl (C=S) groups is 1. The van der Waals surface area contributed by atoms with E-state index in [-0.39, 0.29) is 17.4 Å². The molecule has 1 heterocycles. The highest BCUT2D eigenvalue weighted by Gasteiger charge is 2.38. The SMILES string of the molecule is Cc1cccc(C)c1N1C(=O)C(CC(=O)O)NC1=S. The molecule has 1 fully saturated rings. The van der Waals surface area contributed by atoms with Gasteiger partial charge < -0.3 is 10.4 Å². The molecule has 1 aliphatic rings. The molecule has 1 unspecified atom stereocenters. The number of hydrogen-bond acceptors (Lipinski definition) is 3. The van der Waals surface area contributed by atoms with E-state index in [0.29, 0.717) is 0 Å². The summed E-state index contributed by atoms with van der Waals surface area (Å²) >= 11 is 5.15. The molecular formula is C13H14N2O3S. The summed E-state index contributed by atoms with van der Waals surface area (Å²) < 4.78 is 0. The Morgan fingerprint density at radius 1 is 1.42 bits per heavy atom. The molecule has 0 spiro atoms. The van der Waals surface area contributed by atoms with Crippen molar-refractivity contribution in [3.8, 4) is 0 Å². The van der Waals surface area contributed by atoms with Gasteiger partial charge in [0.25, 0.3) is 5.91 Å². The number of benzene rings is 1. The Hall–Kier alpha value is -1.95. The normalized spacial score (nSPS) is 18.6. The van der Waals surface area contributed by atoms with Crippen molar-refractivity contribution < 1.29 is 14.7 Å². The molecule has 1 atom stereocenters. The molecular weight excluding hydrogens is 264 g/mol. The number of para-hydroxylation sites is 1. The molecule has 2 rings (SSSR count). The molecule has 0 bridgehead atoms. The molecule has 1 amide bonds. The van der Waals surface area contributed by atoms with Crippen LogP contribution in [-0.2, 0) is 9.59 Å². The van der Waals surface area contributed by atoms with Crippen molar-refractivity contribution >= 4 is 34.9 Å². The number of rotatable bonds is 3. The summed E-state index contributed by atoms with van der Waals surface area (Å²) in [5.74, 6) is -1.35. The zero-order valence-electron chi connectivity index (χ0n) is 10.6. The first-order valence-corrected chi connectivity index (χ1v) is 6.25. The Balaban J connectivity index is 2.38. The summed E-state index contributed by atoms with van der Waals surface area (Å²) in [7, 11) is 0. The van der Waals surface area contributed by atoms with Gasteiger partial charge in [0.15, 0.2) is 5.11 Å². The van der Waals surface area contributed by atoms with Gasteiger partial charge in [-0.3, -0.25) is 14.5 Å². The van der Waals surface area contributed by atoms with Crippen LogP contribution in [0.4, 0.5) is 5.69 Å². The van der Waals surface area contributed by atoms with E-state index in [1.807, 2.05) is 32.0 Å². The van der Waals surface area contributed by atoms with E-state index in [1.165, 1.54) is 4.90 Å². The first kappa shape index (κ1) is 13.5. The first-order chi connectivity index (χ1) is 8.91. The van der Waals surface area contributed by atoms with E-state index in [9.17, 15) is 9.59 Å². The van der Waals surface area contributed by atoms with Crippen LogP contribution in [0.5, 0.6) is 0 Å². The summed E-state index contributed by atoms with van der Waals surface area (Å²) in [5, 5.41) is 11.8. The molecule has 100 valence electrons. The topological polar surface area (TPSA) is 69.6 Å². The van der Waals surface area contributed by atoms with Crippen molar-refractivity contribution in [2.45, 2.75) is 26.3 Å². The molecule has 2 N–H and O–H groups in total. The van der Waals surface area contributed by atoms with Gasteiger partial charge in [0, 0.05) is 0 Å². The maximum Gasteiger partial charge on any atom is 0.305 e. The summed E-state index contributed by atoms with van der Waals surface area (Å²) in [6.07, 6.45) is -0.277. The van der Waals surface area contributed by atoms with Crippen LogP contribution in [0.1, 0.15) is 17.5 Å². The predicted octanol–water partition coefficient (Wildman–Crippen LogP) is 1.37. The van der Waals surface area contributed by atoms with E-state index in [0.717, 1.165) is 16.8 Å². The van der Waals surface area contributed by atoms with Crippen LogP contribution in [0.3, 0.4) is 0 Å². The highest BCUT2D eigenvalue weighted by molar-refractivity contribution is 7.80. The highest BCUT2D eigenvalue weighted by Crippen LogP contribution is 2.28. The number of aryl methyl sites for hydroxylation is 2. The second kappa shape index (κ2) is 4.97. The van der Waals surface area contributed by atoms with Crippen molar-refractivity contribution in [3.63, 3.8) is 0 Å². The number of hydrogen-bond donors (Lipinski definition) is 2. The van der Waals surface area contributed by atoms with E-state index < -0.39 is 12.0 Å². The van der Waals surface area contributed by atoms with Crippen molar-refractivity contribution in [2.24, 2.45) is 0 Å². The second-order valence-corrected chi connectivity index (χ2v) is 4.90. The van der Waals surface area contributed by atoms with Crippen LogP contribution in [0.25, 0.3) is 0 Å². The number of carbonyl (C=O) groups is 2. The minimum atomic E-state index is -1.03. The number of nitrogens with zero attached hydrogens (tertiary/aromatic N) is 1. The lowest BCUT2D eigenvalue weighted by Gasteiger charge is -2.19. The fourth-order valence-electron chi connectivity index (χ4n) is 2.21. The molecule has 0 aliphatic carbocycles. The number of nitrogens with one attached hydrogen (secondary N) is 1. The number of carbonyl (C=O) groups excluding carboxylic acids is 1. The fraction of sp³-hybridized carbons (Fsp3) is 0.308. The Morgan fingerprint density at radius 3 is 2.53 bits per heavy atom. The molecule has 1 aliphatic heterocycles. The van der Waals surface area contributed by atoms with Gasteiger partial charge in [-0.05, 0) is 37.2 Å². The second-order valence-electron chi connectivity index (χ2n) is 4.51. The summed E-state index contributed by atoms with van der Waals surface area (Å²) in [6, 6.07) is 4.90. The predicted molar refractivity (Wildman–Crippen MR) is 75.2 cm³/mol. The zero-order chi connectivity index (χ0) is 14.2. The smallest absolute Gasteiger partial charge is 0.305 e. The van der Waals surface area contributed by atoms with Gasteiger partial charge in [-0.15, -0.1) is 0 Å². The van der Waals surface area contributed by atoms with E-state index in [1.54, 1.807) is 0 Å². The molecule has 19 heavy (non-hydrogen) atoms. The Labute approximate surface area is 116 Å². The molecule has 1 saturated heterocycles. The standard InChI is InChI=1S/C13H14N2O3S/c1-7-4-3-5-8(2)11(7)15-12(18)9(6-10(16)17)14-13(15)19/h3-5,9H,6H2,1-2H3,(H,14,19)(H,16,17). The quantitative estimate of drug-likeness (QED) is 0.817. The molecule has 0 saturated carbocycles. The van der Waals surface area contributed by atoms with Crippen molar-refractivity contribution in [1.82, 2.24) is 5.32 Å². The van der Waals surface area contributed by atoms with Crippen LogP contribution in [0.2, 0.25) is 0 Å². The molecule has 1 aromatic carbocycles. The average molecular weight is 278 g/mol.